The van der Waals surface area contributed by atoms with Gasteiger partial charge in [0.25, 0.3) is 0 Å². The van der Waals surface area contributed by atoms with Gasteiger partial charge in [-0.15, -0.1) is 0 Å². The molecule has 1 aromatic heterocycles. The molecule has 4 unspecified atom stereocenters. The van der Waals surface area contributed by atoms with Crippen LogP contribution in [0.4, 0.5) is 0 Å². The zero-order chi connectivity index (χ0) is 14.7. The highest BCUT2D eigenvalue weighted by Crippen LogP contribution is 2.51. The largest absolute Gasteiger partial charge is 0.310 e. The molecule has 0 aliphatic heterocycles. The van der Waals surface area contributed by atoms with E-state index < -0.39 is 0 Å². The van der Waals surface area contributed by atoms with E-state index in [4.69, 9.17) is 0 Å². The molecule has 4 atom stereocenters. The Balaban J connectivity index is 1.74. The molecule has 1 heterocycles. The first-order valence-corrected chi connectivity index (χ1v) is 8.98. The van der Waals surface area contributed by atoms with Crippen molar-refractivity contribution in [1.29, 1.82) is 0 Å². The van der Waals surface area contributed by atoms with E-state index in [1.807, 2.05) is 6.20 Å². The van der Waals surface area contributed by atoms with E-state index in [1.165, 1.54) is 49.7 Å². The Morgan fingerprint density at radius 2 is 2.19 bits per heavy atom. The van der Waals surface area contributed by atoms with E-state index >= 15 is 0 Å². The first kappa shape index (κ1) is 15.0. The van der Waals surface area contributed by atoms with Crippen LogP contribution >= 0.6 is 0 Å². The van der Waals surface area contributed by atoms with Crippen LogP contribution in [-0.4, -0.2) is 11.5 Å². The van der Waals surface area contributed by atoms with Crippen molar-refractivity contribution in [3.8, 4) is 0 Å². The summed E-state index contributed by atoms with van der Waals surface area (Å²) in [5.41, 5.74) is 2.93. The lowest BCUT2D eigenvalue weighted by molar-refractivity contribution is 0.278. The maximum Gasteiger partial charge on any atom is 0.0326 e. The molecule has 2 saturated carbocycles. The fraction of sp³-hybridized carbons (Fsp3) is 0.737. The Hall–Kier alpha value is -0.890. The van der Waals surface area contributed by atoms with Gasteiger partial charge >= 0.3 is 0 Å². The van der Waals surface area contributed by atoms with Gasteiger partial charge in [-0.2, -0.15) is 0 Å². The van der Waals surface area contributed by atoms with E-state index in [1.54, 1.807) is 0 Å². The SMILES string of the molecule is CCCNC(CC1CC2CCC1C2)c1ccncc1CC. The normalized spacial score (nSPS) is 29.0. The van der Waals surface area contributed by atoms with Crippen LogP contribution in [0.15, 0.2) is 18.5 Å². The average Bonchev–Trinajstić information content (AvgIpc) is 3.14. The van der Waals surface area contributed by atoms with Crippen LogP contribution in [0.25, 0.3) is 0 Å². The molecule has 2 fully saturated rings. The van der Waals surface area contributed by atoms with Crippen LogP contribution in [0.2, 0.25) is 0 Å². The molecular weight excluding hydrogens is 256 g/mol. The Morgan fingerprint density at radius 3 is 2.86 bits per heavy atom. The molecule has 2 aliphatic rings. The quantitative estimate of drug-likeness (QED) is 0.797. The van der Waals surface area contributed by atoms with Gasteiger partial charge in [0.2, 0.25) is 0 Å². The lowest BCUT2D eigenvalue weighted by Gasteiger charge is -2.28. The predicted octanol–water partition coefficient (Wildman–Crippen LogP) is 4.51. The van der Waals surface area contributed by atoms with E-state index in [-0.39, 0.29) is 0 Å². The van der Waals surface area contributed by atoms with E-state index in [9.17, 15) is 0 Å². The van der Waals surface area contributed by atoms with Crippen molar-refractivity contribution in [2.24, 2.45) is 17.8 Å². The molecule has 2 bridgehead atoms. The molecule has 0 radical (unpaired) electrons. The third-order valence-corrected chi connectivity index (χ3v) is 5.76. The molecule has 0 amide bonds. The maximum absolute atomic E-state index is 4.32. The van der Waals surface area contributed by atoms with Crippen LogP contribution in [0.5, 0.6) is 0 Å². The highest BCUT2D eigenvalue weighted by atomic mass is 14.9. The van der Waals surface area contributed by atoms with Gasteiger partial charge < -0.3 is 5.32 Å². The highest BCUT2D eigenvalue weighted by molar-refractivity contribution is 5.27. The maximum atomic E-state index is 4.32. The summed E-state index contributed by atoms with van der Waals surface area (Å²) in [6.07, 6.45) is 13.7. The number of hydrogen-bond donors (Lipinski definition) is 1. The second kappa shape index (κ2) is 6.91. The summed E-state index contributed by atoms with van der Waals surface area (Å²) >= 11 is 0. The minimum Gasteiger partial charge on any atom is -0.310 e. The molecule has 0 aromatic carbocycles. The van der Waals surface area contributed by atoms with Crippen LogP contribution in [0, 0.1) is 17.8 Å². The first-order valence-electron chi connectivity index (χ1n) is 8.98. The van der Waals surface area contributed by atoms with Crippen molar-refractivity contribution in [2.45, 2.75) is 64.8 Å². The molecule has 1 aromatic rings. The number of nitrogens with zero attached hydrogens (tertiary/aromatic N) is 1. The number of nitrogens with one attached hydrogen (secondary N) is 1. The second-order valence-corrected chi connectivity index (χ2v) is 7.11. The van der Waals surface area contributed by atoms with Crippen LogP contribution in [0.3, 0.4) is 0 Å². The summed E-state index contributed by atoms with van der Waals surface area (Å²) in [4.78, 5) is 4.32. The van der Waals surface area contributed by atoms with Gasteiger partial charge in [0.15, 0.2) is 0 Å². The summed E-state index contributed by atoms with van der Waals surface area (Å²) in [6.45, 7) is 5.63. The topological polar surface area (TPSA) is 24.9 Å². The van der Waals surface area contributed by atoms with Gasteiger partial charge in [-0.3, -0.25) is 4.98 Å². The third-order valence-electron chi connectivity index (χ3n) is 5.76. The Kier molecular flexibility index (Phi) is 4.95. The standard InChI is InChI=1S/C19H30N2/c1-3-8-21-19(18-7-9-20-13-15(18)4-2)12-17-11-14-5-6-16(17)10-14/h7,9,13-14,16-17,19,21H,3-6,8,10-12H2,1-2H3. The first-order chi connectivity index (χ1) is 10.3. The number of fused-ring (bicyclic) bond motifs is 2. The molecule has 2 heteroatoms. The van der Waals surface area contributed by atoms with Gasteiger partial charge in [0, 0.05) is 18.4 Å². The van der Waals surface area contributed by atoms with Crippen molar-refractivity contribution in [1.82, 2.24) is 10.3 Å². The monoisotopic (exact) mass is 286 g/mol. The van der Waals surface area contributed by atoms with Gasteiger partial charge in [-0.05, 0) is 80.0 Å². The summed E-state index contributed by atoms with van der Waals surface area (Å²) in [7, 11) is 0. The second-order valence-electron chi connectivity index (χ2n) is 7.11. The number of hydrogen-bond acceptors (Lipinski definition) is 2. The number of rotatable bonds is 7. The minimum atomic E-state index is 0.534. The summed E-state index contributed by atoms with van der Waals surface area (Å²) < 4.78 is 0. The van der Waals surface area contributed by atoms with Gasteiger partial charge in [0.05, 0.1) is 0 Å². The van der Waals surface area contributed by atoms with E-state index in [2.05, 4.69) is 36.4 Å². The van der Waals surface area contributed by atoms with Crippen molar-refractivity contribution in [3.05, 3.63) is 29.6 Å². The smallest absolute Gasteiger partial charge is 0.0326 e. The lowest BCUT2D eigenvalue weighted by atomic mass is 9.82. The number of aryl methyl sites for hydroxylation is 1. The Morgan fingerprint density at radius 1 is 1.29 bits per heavy atom. The fourth-order valence-corrected chi connectivity index (χ4v) is 4.68. The molecule has 2 aliphatic carbocycles. The van der Waals surface area contributed by atoms with E-state index in [0.29, 0.717) is 6.04 Å². The molecule has 0 saturated heterocycles. The average molecular weight is 286 g/mol. The van der Waals surface area contributed by atoms with Crippen molar-refractivity contribution in [2.75, 3.05) is 6.54 Å². The number of aromatic nitrogens is 1. The zero-order valence-electron chi connectivity index (χ0n) is 13.6. The Labute approximate surface area is 129 Å². The summed E-state index contributed by atoms with van der Waals surface area (Å²) in [5, 5.41) is 3.82. The predicted molar refractivity (Wildman–Crippen MR) is 88.2 cm³/mol. The molecule has 0 spiro atoms. The summed E-state index contributed by atoms with van der Waals surface area (Å²) in [5.74, 6) is 3.03. The van der Waals surface area contributed by atoms with Gasteiger partial charge in [-0.25, -0.2) is 0 Å². The van der Waals surface area contributed by atoms with Gasteiger partial charge in [0.1, 0.15) is 0 Å². The van der Waals surface area contributed by atoms with Crippen molar-refractivity contribution < 1.29 is 0 Å². The fourth-order valence-electron chi connectivity index (χ4n) is 4.68. The van der Waals surface area contributed by atoms with Crippen molar-refractivity contribution in [3.63, 3.8) is 0 Å². The highest BCUT2D eigenvalue weighted by Gasteiger charge is 2.40. The minimum absolute atomic E-state index is 0.534. The molecule has 1 N–H and O–H groups in total. The lowest BCUT2D eigenvalue weighted by Crippen LogP contribution is -2.27. The van der Waals surface area contributed by atoms with Crippen LogP contribution in [0.1, 0.15) is 69.5 Å². The molecule has 3 rings (SSSR count). The van der Waals surface area contributed by atoms with Crippen molar-refractivity contribution >= 4 is 0 Å². The van der Waals surface area contributed by atoms with E-state index in [0.717, 1.165) is 30.7 Å². The molecule has 21 heavy (non-hydrogen) atoms. The molecule has 116 valence electrons. The van der Waals surface area contributed by atoms with Gasteiger partial charge in [-0.1, -0.05) is 20.3 Å². The molecule has 2 nitrogen and oxygen atoms in total. The zero-order valence-corrected chi connectivity index (χ0v) is 13.6. The van der Waals surface area contributed by atoms with Crippen LogP contribution < -0.4 is 5.32 Å². The molecular formula is C19H30N2. The summed E-state index contributed by atoms with van der Waals surface area (Å²) in [6, 6.07) is 2.78. The third kappa shape index (κ3) is 3.31. The van der Waals surface area contributed by atoms with Crippen LogP contribution in [-0.2, 0) is 6.42 Å². The Bertz CT molecular complexity index is 457. The number of pyridine rings is 1.